The van der Waals surface area contributed by atoms with Crippen molar-refractivity contribution in [1.82, 2.24) is 10.3 Å². The Labute approximate surface area is 94.1 Å². The number of aromatic nitrogens is 1. The smallest absolute Gasteiger partial charge is 0.138 e. The van der Waals surface area contributed by atoms with Crippen LogP contribution in [0.1, 0.15) is 12.0 Å². The van der Waals surface area contributed by atoms with Gasteiger partial charge in [-0.2, -0.15) is 0 Å². The van der Waals surface area contributed by atoms with Gasteiger partial charge in [-0.15, -0.1) is 0 Å². The Morgan fingerprint density at radius 1 is 1.73 bits per heavy atom. The molecule has 80 valence electrons. The number of pyridine rings is 1. The summed E-state index contributed by atoms with van der Waals surface area (Å²) < 4.78 is 5.58. The van der Waals surface area contributed by atoms with Gasteiger partial charge in [0.05, 0.1) is 6.20 Å². The van der Waals surface area contributed by atoms with Crippen molar-refractivity contribution in [2.45, 2.75) is 12.5 Å². The average molecular weight is 225 g/mol. The summed E-state index contributed by atoms with van der Waals surface area (Å²) in [7, 11) is 0. The second-order valence-corrected chi connectivity index (χ2v) is 3.86. The fourth-order valence-corrected chi connectivity index (χ4v) is 1.54. The monoisotopic (exact) mass is 224 g/mol. The number of halogens is 1. The van der Waals surface area contributed by atoms with Crippen molar-refractivity contribution in [2.75, 3.05) is 13.2 Å². The van der Waals surface area contributed by atoms with E-state index in [1.54, 1.807) is 12.3 Å². The molecule has 2 rings (SSSR count). The lowest BCUT2D eigenvalue weighted by molar-refractivity contribution is 0.217. The van der Waals surface area contributed by atoms with Crippen LogP contribution in [0.3, 0.4) is 0 Å². The molecule has 0 radical (unpaired) electrons. The minimum absolute atomic E-state index is 0.458. The van der Waals surface area contributed by atoms with Crippen molar-refractivity contribution >= 4 is 17.7 Å². The number of hydrogen-bond donors (Lipinski definition) is 1. The zero-order valence-corrected chi connectivity index (χ0v) is 9.13. The fourth-order valence-electron chi connectivity index (χ4n) is 1.35. The molecule has 1 atom stereocenters. The summed E-state index contributed by atoms with van der Waals surface area (Å²) in [6, 6.07) is 2.33. The second-order valence-electron chi connectivity index (χ2n) is 3.51. The van der Waals surface area contributed by atoms with Gasteiger partial charge in [0.1, 0.15) is 17.5 Å². The Balaban J connectivity index is 1.98. The molecule has 1 N–H and O–H groups in total. The molecular formula is C11H13ClN2O. The maximum atomic E-state index is 5.85. The highest BCUT2D eigenvalue weighted by atomic mass is 35.5. The predicted molar refractivity (Wildman–Crippen MR) is 61.2 cm³/mol. The number of ether oxygens (including phenoxy) is 1. The van der Waals surface area contributed by atoms with E-state index in [1.807, 2.05) is 6.07 Å². The zero-order valence-electron chi connectivity index (χ0n) is 8.37. The predicted octanol–water partition coefficient (Wildman–Crippen LogP) is 2.12. The number of nitrogens with one attached hydrogen (secondary N) is 1. The quantitative estimate of drug-likeness (QED) is 0.796. The summed E-state index contributed by atoms with van der Waals surface area (Å²) in [5.74, 6) is 0.739. The van der Waals surface area contributed by atoms with E-state index in [0.29, 0.717) is 17.8 Å². The Morgan fingerprint density at radius 2 is 2.53 bits per heavy atom. The molecule has 1 aliphatic heterocycles. The van der Waals surface area contributed by atoms with Crippen molar-refractivity contribution in [1.29, 1.82) is 0 Å². The molecule has 1 saturated heterocycles. The summed E-state index contributed by atoms with van der Waals surface area (Å²) >= 11 is 5.85. The van der Waals surface area contributed by atoms with Crippen LogP contribution in [0.4, 0.5) is 0 Å². The molecule has 4 heteroatoms. The second kappa shape index (κ2) is 4.64. The third-order valence-corrected chi connectivity index (χ3v) is 2.75. The first-order valence-corrected chi connectivity index (χ1v) is 5.31. The topological polar surface area (TPSA) is 34.1 Å². The van der Waals surface area contributed by atoms with Crippen LogP contribution >= 0.6 is 11.6 Å². The normalized spacial score (nSPS) is 19.4. The molecule has 0 saturated carbocycles. The van der Waals surface area contributed by atoms with E-state index in [4.69, 9.17) is 16.3 Å². The van der Waals surface area contributed by atoms with Gasteiger partial charge >= 0.3 is 0 Å². The maximum absolute atomic E-state index is 5.85. The van der Waals surface area contributed by atoms with E-state index in [1.165, 1.54) is 6.42 Å². The van der Waals surface area contributed by atoms with Crippen molar-refractivity contribution in [3.8, 4) is 5.75 Å². The zero-order chi connectivity index (χ0) is 10.7. The van der Waals surface area contributed by atoms with Crippen molar-refractivity contribution in [3.05, 3.63) is 29.6 Å². The van der Waals surface area contributed by atoms with Crippen LogP contribution in [0.2, 0.25) is 5.15 Å². The Hall–Kier alpha value is -1.06. The third-order valence-electron chi connectivity index (χ3n) is 2.44. The molecule has 0 aliphatic carbocycles. The van der Waals surface area contributed by atoms with Crippen LogP contribution in [-0.4, -0.2) is 24.2 Å². The summed E-state index contributed by atoms with van der Waals surface area (Å²) in [4.78, 5) is 4.02. The van der Waals surface area contributed by atoms with Gasteiger partial charge in [0.15, 0.2) is 0 Å². The summed E-state index contributed by atoms with van der Waals surface area (Å²) in [6.07, 6.45) is 4.48. The third kappa shape index (κ3) is 2.49. The summed E-state index contributed by atoms with van der Waals surface area (Å²) in [6.45, 7) is 5.43. The lowest BCUT2D eigenvalue weighted by atomic mass is 10.1. The minimum atomic E-state index is 0.458. The Kier molecular flexibility index (Phi) is 3.23. The van der Waals surface area contributed by atoms with Crippen LogP contribution in [0.25, 0.3) is 6.08 Å². The van der Waals surface area contributed by atoms with Gasteiger partial charge in [-0.05, 0) is 19.0 Å². The Bertz CT molecular complexity index is 364. The van der Waals surface area contributed by atoms with E-state index < -0.39 is 0 Å². The van der Waals surface area contributed by atoms with Crippen LogP contribution < -0.4 is 10.1 Å². The first kappa shape index (κ1) is 10.5. The summed E-state index contributed by atoms with van der Waals surface area (Å²) in [5.41, 5.74) is 0.802. The lowest BCUT2D eigenvalue weighted by Crippen LogP contribution is -2.46. The van der Waals surface area contributed by atoms with E-state index in [-0.39, 0.29) is 0 Å². The molecule has 15 heavy (non-hydrogen) atoms. The molecule has 3 nitrogen and oxygen atoms in total. The van der Waals surface area contributed by atoms with Gasteiger partial charge in [0, 0.05) is 11.6 Å². The largest absolute Gasteiger partial charge is 0.490 e. The minimum Gasteiger partial charge on any atom is -0.490 e. The first-order chi connectivity index (χ1) is 7.29. The first-order valence-electron chi connectivity index (χ1n) is 4.94. The van der Waals surface area contributed by atoms with Crippen LogP contribution in [0, 0.1) is 0 Å². The molecule has 0 amide bonds. The van der Waals surface area contributed by atoms with Crippen LogP contribution in [-0.2, 0) is 0 Å². The molecule has 1 aromatic rings. The molecule has 1 aliphatic rings. The fraction of sp³-hybridized carbons (Fsp3) is 0.364. The van der Waals surface area contributed by atoms with Crippen molar-refractivity contribution < 1.29 is 4.74 Å². The van der Waals surface area contributed by atoms with Gasteiger partial charge in [0.25, 0.3) is 0 Å². The molecule has 0 bridgehead atoms. The molecule has 0 spiro atoms. The molecular weight excluding hydrogens is 212 g/mol. The highest BCUT2D eigenvalue weighted by Crippen LogP contribution is 2.20. The number of hydrogen-bond acceptors (Lipinski definition) is 3. The van der Waals surface area contributed by atoms with Gasteiger partial charge < -0.3 is 10.1 Å². The highest BCUT2D eigenvalue weighted by Gasteiger charge is 2.16. The van der Waals surface area contributed by atoms with Gasteiger partial charge in [0.2, 0.25) is 0 Å². The van der Waals surface area contributed by atoms with E-state index in [2.05, 4.69) is 16.9 Å². The van der Waals surface area contributed by atoms with E-state index in [0.717, 1.165) is 17.9 Å². The van der Waals surface area contributed by atoms with Crippen LogP contribution in [0.15, 0.2) is 18.8 Å². The van der Waals surface area contributed by atoms with Gasteiger partial charge in [-0.3, -0.25) is 0 Å². The molecule has 2 heterocycles. The number of nitrogens with zero attached hydrogens (tertiary/aromatic N) is 1. The molecule has 0 aromatic carbocycles. The average Bonchev–Trinajstić information content (AvgIpc) is 2.18. The van der Waals surface area contributed by atoms with Gasteiger partial charge in [-0.1, -0.05) is 24.3 Å². The van der Waals surface area contributed by atoms with Crippen molar-refractivity contribution in [2.24, 2.45) is 0 Å². The molecule has 0 unspecified atom stereocenters. The standard InChI is InChI=1S/C11H13ClN2O/c1-2-8-5-10(6-14-11(8)12)15-7-9-3-4-13-9/h2,5-6,9,13H,1,3-4,7H2/t9-/m0/s1. The highest BCUT2D eigenvalue weighted by molar-refractivity contribution is 6.30. The molecule has 1 fully saturated rings. The SMILES string of the molecule is C=Cc1cc(OC[C@@H]2CCN2)cnc1Cl. The van der Waals surface area contributed by atoms with E-state index in [9.17, 15) is 0 Å². The maximum Gasteiger partial charge on any atom is 0.138 e. The Morgan fingerprint density at radius 3 is 3.13 bits per heavy atom. The van der Waals surface area contributed by atoms with Gasteiger partial charge in [-0.25, -0.2) is 4.98 Å². The van der Waals surface area contributed by atoms with Crippen LogP contribution in [0.5, 0.6) is 5.75 Å². The van der Waals surface area contributed by atoms with E-state index >= 15 is 0 Å². The molecule has 1 aromatic heterocycles. The lowest BCUT2D eigenvalue weighted by Gasteiger charge is -2.27. The van der Waals surface area contributed by atoms with Crippen molar-refractivity contribution in [3.63, 3.8) is 0 Å². The summed E-state index contributed by atoms with van der Waals surface area (Å²) in [5, 5.41) is 3.72. The number of rotatable bonds is 4.